The van der Waals surface area contributed by atoms with Crippen LogP contribution in [0.15, 0.2) is 48.5 Å². The van der Waals surface area contributed by atoms with Crippen LogP contribution in [-0.4, -0.2) is 35.3 Å². The van der Waals surface area contributed by atoms with Gasteiger partial charge < -0.3 is 10.2 Å². The molecule has 28 heavy (non-hydrogen) atoms. The monoisotopic (exact) mass is 397 g/mol. The van der Waals surface area contributed by atoms with Crippen molar-refractivity contribution in [1.29, 1.82) is 0 Å². The van der Waals surface area contributed by atoms with E-state index in [4.69, 9.17) is 11.6 Å². The largest absolute Gasteiger partial charge is 0.326 e. The number of benzene rings is 2. The fraction of sp³-hybridized carbons (Fsp3) is 0.286. The van der Waals surface area contributed by atoms with E-state index in [1.54, 1.807) is 43.0 Å². The molecule has 0 saturated carbocycles. The van der Waals surface area contributed by atoms with Crippen LogP contribution >= 0.6 is 11.6 Å². The van der Waals surface area contributed by atoms with Gasteiger partial charge >= 0.3 is 6.03 Å². The lowest BCUT2D eigenvalue weighted by Gasteiger charge is -2.28. The molecule has 0 aromatic heterocycles. The van der Waals surface area contributed by atoms with Crippen LogP contribution in [0.25, 0.3) is 0 Å². The highest BCUT2D eigenvalue weighted by molar-refractivity contribution is 6.32. The van der Waals surface area contributed by atoms with E-state index in [2.05, 4.69) is 5.32 Å². The van der Waals surface area contributed by atoms with E-state index in [-0.39, 0.29) is 5.91 Å². The second-order valence-corrected chi connectivity index (χ2v) is 7.66. The Labute approximate surface area is 168 Å². The molecule has 2 aliphatic heterocycles. The number of nitrogens with one attached hydrogen (secondary N) is 1. The maximum Gasteiger partial charge on any atom is 0.326 e. The number of urea groups is 1. The summed E-state index contributed by atoms with van der Waals surface area (Å²) in [4.78, 5) is 41.7. The summed E-state index contributed by atoms with van der Waals surface area (Å²) in [5.41, 5.74) is 1.11. The van der Waals surface area contributed by atoms with Gasteiger partial charge in [0.2, 0.25) is 5.91 Å². The van der Waals surface area contributed by atoms with Crippen LogP contribution in [0.4, 0.5) is 10.5 Å². The van der Waals surface area contributed by atoms with Gasteiger partial charge in [-0.2, -0.15) is 0 Å². The Morgan fingerprint density at radius 2 is 1.82 bits per heavy atom. The van der Waals surface area contributed by atoms with E-state index < -0.39 is 23.5 Å². The predicted molar refractivity (Wildman–Crippen MR) is 106 cm³/mol. The smallest absolute Gasteiger partial charge is 0.319 e. The molecular formula is C21H20ClN3O3. The number of hydrogen-bond donors (Lipinski definition) is 1. The molecule has 0 radical (unpaired) electrons. The molecule has 7 heteroatoms. The lowest BCUT2D eigenvalue weighted by molar-refractivity contribution is -0.136. The lowest BCUT2D eigenvalue weighted by Crippen LogP contribution is -2.50. The zero-order chi connectivity index (χ0) is 20.1. The van der Waals surface area contributed by atoms with Gasteiger partial charge in [0, 0.05) is 22.8 Å². The number of carbonyl (C=O) groups is 3. The quantitative estimate of drug-likeness (QED) is 0.809. The number of fused-ring (bicyclic) bond motifs is 1. The van der Waals surface area contributed by atoms with Gasteiger partial charge in [-0.3, -0.25) is 9.59 Å². The first-order valence-corrected chi connectivity index (χ1v) is 9.52. The second-order valence-electron chi connectivity index (χ2n) is 7.25. The molecule has 0 spiro atoms. The highest BCUT2D eigenvalue weighted by atomic mass is 35.5. The van der Waals surface area contributed by atoms with Crippen LogP contribution in [0.5, 0.6) is 0 Å². The zero-order valence-electron chi connectivity index (χ0n) is 15.6. The van der Waals surface area contributed by atoms with Gasteiger partial charge in [-0.05, 0) is 38.0 Å². The van der Waals surface area contributed by atoms with Crippen molar-refractivity contribution in [2.45, 2.75) is 31.8 Å². The highest BCUT2D eigenvalue weighted by Gasteiger charge is 2.53. The molecule has 2 aliphatic rings. The van der Waals surface area contributed by atoms with Crippen LogP contribution in [0, 0.1) is 0 Å². The van der Waals surface area contributed by atoms with Crippen molar-refractivity contribution in [3.63, 3.8) is 0 Å². The summed E-state index contributed by atoms with van der Waals surface area (Å²) in [7, 11) is 0. The Balaban J connectivity index is 1.63. The van der Waals surface area contributed by atoms with Gasteiger partial charge in [-0.15, -0.1) is 0 Å². The van der Waals surface area contributed by atoms with Gasteiger partial charge in [0.05, 0.1) is 0 Å². The number of nitrogens with zero attached hydrogens (tertiary/aromatic N) is 2. The lowest BCUT2D eigenvalue weighted by atomic mass is 9.91. The number of halogens is 1. The molecule has 2 aromatic carbocycles. The van der Waals surface area contributed by atoms with Crippen LogP contribution in [0.2, 0.25) is 5.02 Å². The molecule has 2 heterocycles. The molecule has 4 rings (SSSR count). The van der Waals surface area contributed by atoms with E-state index in [1.807, 2.05) is 24.3 Å². The number of para-hydroxylation sites is 1. The van der Waals surface area contributed by atoms with Gasteiger partial charge in [0.25, 0.3) is 5.91 Å². The number of hydrogen-bond acceptors (Lipinski definition) is 3. The normalized spacial score (nSPS) is 22.2. The minimum Gasteiger partial charge on any atom is -0.319 e. The average molecular weight is 398 g/mol. The Morgan fingerprint density at radius 3 is 2.57 bits per heavy atom. The molecule has 0 bridgehead atoms. The van der Waals surface area contributed by atoms with Crippen LogP contribution in [-0.2, 0) is 21.5 Å². The number of carbonyl (C=O) groups excluding carboxylic acids is 3. The standard InChI is InChI=1S/C21H20ClN3O3/c1-13(18(26)24-12-11-14-7-3-6-10-17(14)24)25-19(27)21(2,23-20(25)28)15-8-4-5-9-16(15)22/h3-10,13H,11-12H2,1-2H3,(H,23,28)/t13-,21+/m1/s1. The minimum atomic E-state index is -1.31. The van der Waals surface area contributed by atoms with E-state index in [0.29, 0.717) is 17.1 Å². The Hall–Kier alpha value is -2.86. The number of rotatable bonds is 3. The molecule has 2 atom stereocenters. The molecule has 4 amide bonds. The third kappa shape index (κ3) is 2.67. The van der Waals surface area contributed by atoms with Gasteiger partial charge in [-0.1, -0.05) is 48.0 Å². The number of imide groups is 1. The summed E-state index contributed by atoms with van der Waals surface area (Å²) < 4.78 is 0. The van der Waals surface area contributed by atoms with Crippen LogP contribution in [0.1, 0.15) is 25.0 Å². The first-order valence-electron chi connectivity index (χ1n) is 9.14. The molecule has 6 nitrogen and oxygen atoms in total. The average Bonchev–Trinajstić information content (AvgIpc) is 3.20. The van der Waals surface area contributed by atoms with Crippen molar-refractivity contribution in [3.8, 4) is 0 Å². The summed E-state index contributed by atoms with van der Waals surface area (Å²) in [5, 5.41) is 3.10. The predicted octanol–water partition coefficient (Wildman–Crippen LogP) is 3.08. The fourth-order valence-corrected chi connectivity index (χ4v) is 4.29. The van der Waals surface area contributed by atoms with Gasteiger partial charge in [0.15, 0.2) is 0 Å². The van der Waals surface area contributed by atoms with Gasteiger partial charge in [0.1, 0.15) is 11.6 Å². The van der Waals surface area contributed by atoms with E-state index >= 15 is 0 Å². The molecular weight excluding hydrogens is 378 g/mol. The first kappa shape index (κ1) is 18.5. The first-order chi connectivity index (χ1) is 13.3. The van der Waals surface area contributed by atoms with Crippen LogP contribution < -0.4 is 10.2 Å². The summed E-state index contributed by atoms with van der Waals surface area (Å²) >= 11 is 6.26. The van der Waals surface area contributed by atoms with Crippen molar-refractivity contribution in [1.82, 2.24) is 10.2 Å². The van der Waals surface area contributed by atoms with Crippen molar-refractivity contribution >= 4 is 35.1 Å². The van der Waals surface area contributed by atoms with Crippen molar-refractivity contribution in [3.05, 3.63) is 64.7 Å². The van der Waals surface area contributed by atoms with E-state index in [1.165, 1.54) is 0 Å². The molecule has 144 valence electrons. The van der Waals surface area contributed by atoms with Crippen molar-refractivity contribution in [2.75, 3.05) is 11.4 Å². The number of amides is 4. The Kier molecular flexibility index (Phi) is 4.38. The van der Waals surface area contributed by atoms with E-state index in [9.17, 15) is 14.4 Å². The third-order valence-electron chi connectivity index (χ3n) is 5.53. The summed E-state index contributed by atoms with van der Waals surface area (Å²) in [6.07, 6.45) is 0.756. The summed E-state index contributed by atoms with van der Waals surface area (Å²) in [6, 6.07) is 13.0. The SMILES string of the molecule is C[C@H](C(=O)N1CCc2ccccc21)N1C(=O)N[C@@](C)(c2ccccc2Cl)C1=O. The molecule has 1 saturated heterocycles. The fourth-order valence-electron chi connectivity index (χ4n) is 3.96. The summed E-state index contributed by atoms with van der Waals surface area (Å²) in [5.74, 6) is -0.768. The number of anilines is 1. The third-order valence-corrected chi connectivity index (χ3v) is 5.86. The van der Waals surface area contributed by atoms with Crippen molar-refractivity contribution in [2.24, 2.45) is 0 Å². The summed E-state index contributed by atoms with van der Waals surface area (Å²) in [6.45, 7) is 3.73. The maximum atomic E-state index is 13.2. The van der Waals surface area contributed by atoms with E-state index in [0.717, 1.165) is 22.6 Å². The Morgan fingerprint density at radius 1 is 1.14 bits per heavy atom. The molecule has 0 aliphatic carbocycles. The molecule has 0 unspecified atom stereocenters. The van der Waals surface area contributed by atoms with Gasteiger partial charge in [-0.25, -0.2) is 9.69 Å². The highest BCUT2D eigenvalue weighted by Crippen LogP contribution is 2.35. The Bertz CT molecular complexity index is 992. The van der Waals surface area contributed by atoms with Crippen LogP contribution in [0.3, 0.4) is 0 Å². The second kappa shape index (κ2) is 6.63. The maximum absolute atomic E-state index is 13.2. The van der Waals surface area contributed by atoms with Crippen molar-refractivity contribution < 1.29 is 14.4 Å². The molecule has 2 aromatic rings. The molecule has 1 fully saturated rings. The zero-order valence-corrected chi connectivity index (χ0v) is 16.4. The minimum absolute atomic E-state index is 0.281. The molecule has 1 N–H and O–H groups in total. The topological polar surface area (TPSA) is 69.7 Å².